The van der Waals surface area contributed by atoms with Crippen molar-refractivity contribution in [1.29, 1.82) is 0 Å². The molecule has 0 fully saturated rings. The lowest BCUT2D eigenvalue weighted by Gasteiger charge is -2.16. The Hall–Kier alpha value is -0.880. The molecule has 1 aromatic heterocycles. The van der Waals surface area contributed by atoms with E-state index in [-0.39, 0.29) is 6.04 Å². The number of halogens is 2. The highest BCUT2D eigenvalue weighted by Gasteiger charge is 2.18. The van der Waals surface area contributed by atoms with Gasteiger partial charge in [0.1, 0.15) is 0 Å². The van der Waals surface area contributed by atoms with Crippen LogP contribution in [0.25, 0.3) is 0 Å². The summed E-state index contributed by atoms with van der Waals surface area (Å²) in [6, 6.07) is 5.55. The molecule has 1 aromatic carbocycles. The summed E-state index contributed by atoms with van der Waals surface area (Å²) in [6.45, 7) is 3.24. The van der Waals surface area contributed by atoms with E-state index in [0.29, 0.717) is 18.2 Å². The van der Waals surface area contributed by atoms with Gasteiger partial charge < -0.3 is 10.5 Å². The van der Waals surface area contributed by atoms with Gasteiger partial charge in [-0.05, 0) is 46.1 Å². The van der Waals surface area contributed by atoms with Gasteiger partial charge in [0.05, 0.1) is 35.6 Å². The van der Waals surface area contributed by atoms with Crippen molar-refractivity contribution in [2.45, 2.75) is 19.5 Å². The van der Waals surface area contributed by atoms with E-state index in [0.717, 1.165) is 21.3 Å². The van der Waals surface area contributed by atoms with Crippen molar-refractivity contribution in [2.75, 3.05) is 13.7 Å². The van der Waals surface area contributed by atoms with Crippen molar-refractivity contribution in [3.05, 3.63) is 50.7 Å². The van der Waals surface area contributed by atoms with Crippen molar-refractivity contribution in [2.24, 2.45) is 5.73 Å². The van der Waals surface area contributed by atoms with Crippen LogP contribution in [-0.2, 0) is 11.3 Å². The van der Waals surface area contributed by atoms with Gasteiger partial charge in [-0.2, -0.15) is 5.10 Å². The monoisotopic (exact) mass is 357 g/mol. The fraction of sp³-hybridized carbons (Fsp3) is 0.357. The Morgan fingerprint density at radius 1 is 1.45 bits per heavy atom. The predicted octanol–water partition coefficient (Wildman–Crippen LogP) is 3.30. The van der Waals surface area contributed by atoms with Crippen LogP contribution in [-0.4, -0.2) is 23.5 Å². The van der Waals surface area contributed by atoms with Gasteiger partial charge in [-0.3, -0.25) is 4.68 Å². The van der Waals surface area contributed by atoms with Crippen molar-refractivity contribution in [3.8, 4) is 0 Å². The van der Waals surface area contributed by atoms with Crippen LogP contribution < -0.4 is 5.73 Å². The molecule has 0 saturated heterocycles. The summed E-state index contributed by atoms with van der Waals surface area (Å²) < 4.78 is 7.84. The highest BCUT2D eigenvalue weighted by molar-refractivity contribution is 9.10. The summed E-state index contributed by atoms with van der Waals surface area (Å²) in [5.74, 6) is 0. The Labute approximate surface area is 132 Å². The van der Waals surface area contributed by atoms with E-state index >= 15 is 0 Å². The molecule has 0 saturated carbocycles. The van der Waals surface area contributed by atoms with E-state index in [9.17, 15) is 0 Å². The van der Waals surface area contributed by atoms with Gasteiger partial charge in [-0.15, -0.1) is 0 Å². The number of hydrogen-bond donors (Lipinski definition) is 1. The molecule has 2 N–H and O–H groups in total. The molecule has 1 heterocycles. The molecule has 108 valence electrons. The van der Waals surface area contributed by atoms with E-state index in [1.165, 1.54) is 0 Å². The van der Waals surface area contributed by atoms with Crippen LogP contribution in [0.1, 0.15) is 22.9 Å². The molecule has 20 heavy (non-hydrogen) atoms. The van der Waals surface area contributed by atoms with Crippen molar-refractivity contribution < 1.29 is 4.74 Å². The molecule has 0 aliphatic carbocycles. The third-order valence-corrected chi connectivity index (χ3v) is 3.89. The molecule has 2 aromatic rings. The van der Waals surface area contributed by atoms with Gasteiger partial charge in [0, 0.05) is 12.1 Å². The lowest BCUT2D eigenvalue weighted by molar-refractivity contribution is 0.182. The molecule has 6 heteroatoms. The molecule has 0 bridgehead atoms. The maximum atomic E-state index is 6.38. The van der Waals surface area contributed by atoms with Crippen LogP contribution in [0.15, 0.2) is 28.9 Å². The highest BCUT2D eigenvalue weighted by atomic mass is 79.9. The number of rotatable bonds is 5. The van der Waals surface area contributed by atoms with Crippen molar-refractivity contribution >= 4 is 27.5 Å². The van der Waals surface area contributed by atoms with E-state index < -0.39 is 0 Å². The third-order valence-electron chi connectivity index (χ3n) is 3.06. The first-order valence-electron chi connectivity index (χ1n) is 6.25. The smallest absolute Gasteiger partial charge is 0.0739 e. The van der Waals surface area contributed by atoms with E-state index in [4.69, 9.17) is 22.1 Å². The largest absolute Gasteiger partial charge is 0.383 e. The Kier molecular flexibility index (Phi) is 5.21. The molecular weight excluding hydrogens is 342 g/mol. The topological polar surface area (TPSA) is 53.1 Å². The summed E-state index contributed by atoms with van der Waals surface area (Å²) in [6.07, 6.45) is 1.75. The molecular formula is C14H17BrClN3O. The molecule has 1 unspecified atom stereocenters. The fourth-order valence-electron chi connectivity index (χ4n) is 2.14. The number of methoxy groups -OCH3 is 1. The van der Waals surface area contributed by atoms with Gasteiger partial charge in [0.25, 0.3) is 0 Å². The molecule has 0 spiro atoms. The van der Waals surface area contributed by atoms with Gasteiger partial charge in [0.15, 0.2) is 0 Å². The quantitative estimate of drug-likeness (QED) is 0.892. The lowest BCUT2D eigenvalue weighted by Crippen LogP contribution is -2.19. The fourth-order valence-corrected chi connectivity index (χ4v) is 2.98. The van der Waals surface area contributed by atoms with Crippen molar-refractivity contribution in [3.63, 3.8) is 0 Å². The molecule has 0 amide bonds. The minimum absolute atomic E-state index is 0.291. The second kappa shape index (κ2) is 6.72. The summed E-state index contributed by atoms with van der Waals surface area (Å²) in [7, 11) is 1.67. The van der Waals surface area contributed by atoms with Crippen LogP contribution in [0.4, 0.5) is 0 Å². The zero-order valence-electron chi connectivity index (χ0n) is 11.4. The Morgan fingerprint density at radius 3 is 2.85 bits per heavy atom. The highest BCUT2D eigenvalue weighted by Crippen LogP contribution is 2.28. The molecule has 1 atom stereocenters. The number of aromatic nitrogens is 2. The first-order valence-corrected chi connectivity index (χ1v) is 7.43. The molecule has 0 aliphatic heterocycles. The number of hydrogen-bond acceptors (Lipinski definition) is 3. The Bertz CT molecular complexity index is 580. The molecule has 4 nitrogen and oxygen atoms in total. The average molecular weight is 359 g/mol. The first kappa shape index (κ1) is 15.5. The van der Waals surface area contributed by atoms with Crippen LogP contribution >= 0.6 is 27.5 Å². The van der Waals surface area contributed by atoms with E-state index in [1.807, 2.05) is 29.8 Å². The number of nitrogens with zero attached hydrogens (tertiary/aromatic N) is 2. The first-order chi connectivity index (χ1) is 9.52. The number of aryl methyl sites for hydroxylation is 1. The predicted molar refractivity (Wildman–Crippen MR) is 84.0 cm³/mol. The Balaban J connectivity index is 2.36. The van der Waals surface area contributed by atoms with Crippen LogP contribution in [0.3, 0.4) is 0 Å². The summed E-state index contributed by atoms with van der Waals surface area (Å²) >= 11 is 9.62. The van der Waals surface area contributed by atoms with E-state index in [2.05, 4.69) is 21.0 Å². The molecule has 0 radical (unpaired) electrons. The van der Waals surface area contributed by atoms with Crippen molar-refractivity contribution in [1.82, 2.24) is 9.78 Å². The van der Waals surface area contributed by atoms with Gasteiger partial charge >= 0.3 is 0 Å². The second-order valence-electron chi connectivity index (χ2n) is 4.63. The number of nitrogens with two attached hydrogens (primary N) is 1. The van der Waals surface area contributed by atoms with E-state index in [1.54, 1.807) is 13.3 Å². The normalized spacial score (nSPS) is 12.7. The van der Waals surface area contributed by atoms with Gasteiger partial charge in [0.2, 0.25) is 0 Å². The number of benzene rings is 1. The average Bonchev–Trinajstić information content (AvgIpc) is 2.75. The van der Waals surface area contributed by atoms with Crippen LogP contribution in [0.2, 0.25) is 5.02 Å². The van der Waals surface area contributed by atoms with Gasteiger partial charge in [-0.25, -0.2) is 0 Å². The lowest BCUT2D eigenvalue weighted by atomic mass is 10.0. The maximum Gasteiger partial charge on any atom is 0.0739 e. The Morgan fingerprint density at radius 2 is 2.20 bits per heavy atom. The second-order valence-corrected chi connectivity index (χ2v) is 5.92. The summed E-state index contributed by atoms with van der Waals surface area (Å²) in [4.78, 5) is 0. The summed E-state index contributed by atoms with van der Waals surface area (Å²) in [5.41, 5.74) is 9.35. The molecule has 2 rings (SSSR count). The van der Waals surface area contributed by atoms with Gasteiger partial charge in [-0.1, -0.05) is 17.7 Å². The zero-order valence-corrected chi connectivity index (χ0v) is 13.8. The summed E-state index contributed by atoms with van der Waals surface area (Å²) in [5, 5.41) is 5.01. The standard InChI is InChI=1S/C14H17BrClN3O/c1-9-5-10(7-11(16)6-9)13(17)14-12(15)8-18-19(14)3-4-20-2/h5-8,13H,3-4,17H2,1-2H3. The third kappa shape index (κ3) is 3.41. The SMILES string of the molecule is COCCn1ncc(Br)c1C(N)c1cc(C)cc(Cl)c1. The minimum atomic E-state index is -0.291. The van der Waals surface area contributed by atoms with Crippen LogP contribution in [0.5, 0.6) is 0 Å². The number of ether oxygens (including phenoxy) is 1. The van der Waals surface area contributed by atoms with Crippen LogP contribution in [0, 0.1) is 6.92 Å². The maximum absolute atomic E-state index is 6.38. The zero-order chi connectivity index (χ0) is 14.7. The minimum Gasteiger partial charge on any atom is -0.383 e. The molecule has 0 aliphatic rings.